The van der Waals surface area contributed by atoms with Crippen LogP contribution in [-0.2, 0) is 0 Å². The highest BCUT2D eigenvalue weighted by Crippen LogP contribution is 2.18. The SMILES string of the molecule is Cc1ccc(N)cc1.O=C(O)c1ccc([N+](=O)[O-])cc1C(=O)O. The van der Waals surface area contributed by atoms with Crippen LogP contribution in [0, 0.1) is 17.0 Å². The fourth-order valence-electron chi connectivity index (χ4n) is 1.58. The molecular weight excluding hydrogens is 304 g/mol. The number of non-ortho nitro benzene ring substituents is 1. The molecule has 0 aliphatic heterocycles. The number of carboxylic acid groups (broad SMARTS) is 2. The van der Waals surface area contributed by atoms with E-state index in [9.17, 15) is 19.7 Å². The molecule has 2 aromatic carbocycles. The second kappa shape index (κ2) is 7.55. The van der Waals surface area contributed by atoms with Crippen LogP contribution in [0.4, 0.5) is 11.4 Å². The molecule has 8 heteroatoms. The quantitative estimate of drug-likeness (QED) is 0.448. The number of nitrogens with zero attached hydrogens (tertiary/aromatic N) is 1. The summed E-state index contributed by atoms with van der Waals surface area (Å²) in [6, 6.07) is 10.3. The van der Waals surface area contributed by atoms with Crippen LogP contribution in [-0.4, -0.2) is 27.1 Å². The summed E-state index contributed by atoms with van der Waals surface area (Å²) in [6.07, 6.45) is 0. The minimum absolute atomic E-state index is 0.461. The van der Waals surface area contributed by atoms with Gasteiger partial charge < -0.3 is 15.9 Å². The molecule has 0 aromatic heterocycles. The Labute approximate surface area is 130 Å². The van der Waals surface area contributed by atoms with Crippen molar-refractivity contribution in [3.63, 3.8) is 0 Å². The molecule has 0 saturated carbocycles. The molecule has 0 fully saturated rings. The fraction of sp³-hybridized carbons (Fsp3) is 0.0667. The van der Waals surface area contributed by atoms with Crippen LogP contribution in [0.1, 0.15) is 26.3 Å². The molecule has 0 saturated heterocycles. The molecule has 0 heterocycles. The lowest BCUT2D eigenvalue weighted by molar-refractivity contribution is -0.384. The monoisotopic (exact) mass is 318 g/mol. The molecule has 2 rings (SSSR count). The molecule has 8 nitrogen and oxygen atoms in total. The van der Waals surface area contributed by atoms with Crippen LogP contribution < -0.4 is 5.73 Å². The number of aromatic carboxylic acids is 2. The van der Waals surface area contributed by atoms with E-state index in [1.807, 2.05) is 31.2 Å². The predicted octanol–water partition coefficient (Wildman–Crippen LogP) is 2.57. The standard InChI is InChI=1S/C8H5NO6.C7H9N/c10-7(11)5-2-1-4(9(14)15)3-6(5)8(12)13;1-6-2-4-7(8)5-3-6/h1-3H,(H,10,11)(H,12,13);2-5H,8H2,1H3. The van der Waals surface area contributed by atoms with E-state index in [2.05, 4.69) is 0 Å². The largest absolute Gasteiger partial charge is 0.478 e. The van der Waals surface area contributed by atoms with Gasteiger partial charge in [-0.15, -0.1) is 0 Å². The van der Waals surface area contributed by atoms with Crippen molar-refractivity contribution >= 4 is 23.3 Å². The van der Waals surface area contributed by atoms with Crippen molar-refractivity contribution in [1.82, 2.24) is 0 Å². The van der Waals surface area contributed by atoms with Crippen molar-refractivity contribution in [2.45, 2.75) is 6.92 Å². The van der Waals surface area contributed by atoms with Crippen LogP contribution >= 0.6 is 0 Å². The number of aryl methyl sites for hydroxylation is 1. The molecular formula is C15H14N2O6. The highest BCUT2D eigenvalue weighted by Gasteiger charge is 2.19. The van der Waals surface area contributed by atoms with Crippen LogP contribution in [0.2, 0.25) is 0 Å². The Kier molecular flexibility index (Phi) is 5.79. The number of nitrogen functional groups attached to an aromatic ring is 1. The van der Waals surface area contributed by atoms with Gasteiger partial charge in [-0.25, -0.2) is 9.59 Å². The third-order valence-electron chi connectivity index (χ3n) is 2.75. The predicted molar refractivity (Wildman–Crippen MR) is 82.6 cm³/mol. The van der Waals surface area contributed by atoms with Crippen molar-refractivity contribution < 1.29 is 24.7 Å². The summed E-state index contributed by atoms with van der Waals surface area (Å²) in [5, 5.41) is 27.6. The Morgan fingerprint density at radius 3 is 1.91 bits per heavy atom. The number of nitro groups is 1. The lowest BCUT2D eigenvalue weighted by Crippen LogP contribution is -2.08. The summed E-state index contributed by atoms with van der Waals surface area (Å²) in [5.74, 6) is -2.96. The Hall–Kier alpha value is -3.42. The Morgan fingerprint density at radius 1 is 1.00 bits per heavy atom. The Balaban J connectivity index is 0.000000277. The second-order valence-corrected chi connectivity index (χ2v) is 4.51. The summed E-state index contributed by atoms with van der Waals surface area (Å²) < 4.78 is 0. The zero-order valence-electron chi connectivity index (χ0n) is 12.1. The lowest BCUT2D eigenvalue weighted by Gasteiger charge is -2.00. The number of hydrogen-bond acceptors (Lipinski definition) is 5. The smallest absolute Gasteiger partial charge is 0.336 e. The molecule has 120 valence electrons. The molecule has 2 aromatic rings. The second-order valence-electron chi connectivity index (χ2n) is 4.51. The van der Waals surface area contributed by atoms with Gasteiger partial charge in [-0.3, -0.25) is 10.1 Å². The first-order valence-electron chi connectivity index (χ1n) is 6.29. The molecule has 0 radical (unpaired) electrons. The molecule has 0 atom stereocenters. The van der Waals surface area contributed by atoms with Gasteiger partial charge in [-0.05, 0) is 25.1 Å². The van der Waals surface area contributed by atoms with E-state index in [0.717, 1.165) is 17.8 Å². The van der Waals surface area contributed by atoms with E-state index in [1.165, 1.54) is 5.56 Å². The van der Waals surface area contributed by atoms with Gasteiger partial charge in [0.15, 0.2) is 0 Å². The number of hydrogen-bond donors (Lipinski definition) is 3. The normalized spacial score (nSPS) is 9.43. The topological polar surface area (TPSA) is 144 Å². The van der Waals surface area contributed by atoms with Crippen molar-refractivity contribution in [1.29, 1.82) is 0 Å². The van der Waals surface area contributed by atoms with Gasteiger partial charge in [0, 0.05) is 17.8 Å². The maximum Gasteiger partial charge on any atom is 0.336 e. The van der Waals surface area contributed by atoms with Gasteiger partial charge in [0.2, 0.25) is 0 Å². The average molecular weight is 318 g/mol. The first-order valence-corrected chi connectivity index (χ1v) is 6.29. The number of rotatable bonds is 3. The van der Waals surface area contributed by atoms with Gasteiger partial charge >= 0.3 is 11.9 Å². The summed E-state index contributed by atoms with van der Waals surface area (Å²) >= 11 is 0. The number of anilines is 1. The van der Waals surface area contributed by atoms with E-state index in [4.69, 9.17) is 15.9 Å². The minimum Gasteiger partial charge on any atom is -0.478 e. The van der Waals surface area contributed by atoms with Crippen LogP contribution in [0.15, 0.2) is 42.5 Å². The first kappa shape index (κ1) is 17.6. The summed E-state index contributed by atoms with van der Waals surface area (Å²) in [6.45, 7) is 2.04. The molecule has 23 heavy (non-hydrogen) atoms. The first-order chi connectivity index (χ1) is 10.7. The maximum atomic E-state index is 10.6. The number of nitrogens with two attached hydrogens (primary N) is 1. The zero-order valence-corrected chi connectivity index (χ0v) is 12.1. The molecule has 0 spiro atoms. The average Bonchev–Trinajstić information content (AvgIpc) is 2.50. The third-order valence-corrected chi connectivity index (χ3v) is 2.75. The number of carbonyl (C=O) groups is 2. The van der Waals surface area contributed by atoms with Crippen LogP contribution in [0.25, 0.3) is 0 Å². The number of benzene rings is 2. The summed E-state index contributed by atoms with van der Waals surface area (Å²) in [5.41, 5.74) is 5.97. The van der Waals surface area contributed by atoms with E-state index in [1.54, 1.807) is 0 Å². The fourth-order valence-corrected chi connectivity index (χ4v) is 1.58. The maximum absolute atomic E-state index is 10.6. The van der Waals surface area contributed by atoms with Gasteiger partial charge in [0.05, 0.1) is 16.1 Å². The van der Waals surface area contributed by atoms with Crippen LogP contribution in [0.5, 0.6) is 0 Å². The molecule has 0 amide bonds. The zero-order chi connectivity index (χ0) is 17.6. The summed E-state index contributed by atoms with van der Waals surface area (Å²) in [7, 11) is 0. The molecule has 0 aliphatic rings. The van der Waals surface area contributed by atoms with Gasteiger partial charge in [-0.2, -0.15) is 0 Å². The minimum atomic E-state index is -1.52. The highest BCUT2D eigenvalue weighted by atomic mass is 16.6. The van der Waals surface area contributed by atoms with Crippen molar-refractivity contribution in [2.24, 2.45) is 0 Å². The molecule has 0 unspecified atom stereocenters. The van der Waals surface area contributed by atoms with E-state index >= 15 is 0 Å². The lowest BCUT2D eigenvalue weighted by atomic mass is 10.1. The van der Waals surface area contributed by atoms with Gasteiger partial charge in [0.25, 0.3) is 5.69 Å². The van der Waals surface area contributed by atoms with E-state index in [0.29, 0.717) is 6.07 Å². The summed E-state index contributed by atoms with van der Waals surface area (Å²) in [4.78, 5) is 30.7. The van der Waals surface area contributed by atoms with E-state index < -0.39 is 33.7 Å². The highest BCUT2D eigenvalue weighted by molar-refractivity contribution is 6.02. The number of carboxylic acids is 2. The molecule has 0 aliphatic carbocycles. The third kappa shape index (κ3) is 5.12. The van der Waals surface area contributed by atoms with Crippen LogP contribution in [0.3, 0.4) is 0 Å². The Bertz CT molecular complexity index is 719. The van der Waals surface area contributed by atoms with Crippen molar-refractivity contribution in [3.05, 3.63) is 69.3 Å². The van der Waals surface area contributed by atoms with Gasteiger partial charge in [-0.1, -0.05) is 17.7 Å². The molecule has 4 N–H and O–H groups in total. The van der Waals surface area contributed by atoms with Crippen molar-refractivity contribution in [2.75, 3.05) is 5.73 Å². The van der Waals surface area contributed by atoms with E-state index in [-0.39, 0.29) is 0 Å². The van der Waals surface area contributed by atoms with Crippen molar-refractivity contribution in [3.8, 4) is 0 Å². The molecule has 0 bridgehead atoms. The number of nitro benzene ring substituents is 1. The Morgan fingerprint density at radius 2 is 1.52 bits per heavy atom. The van der Waals surface area contributed by atoms with Gasteiger partial charge in [0.1, 0.15) is 0 Å².